The number of halogens is 1. The summed E-state index contributed by atoms with van der Waals surface area (Å²) in [7, 11) is 0. The molecule has 0 bridgehead atoms. The van der Waals surface area contributed by atoms with Gasteiger partial charge in [0.25, 0.3) is 5.89 Å². The van der Waals surface area contributed by atoms with Crippen molar-refractivity contribution in [2.24, 2.45) is 0 Å². The molecule has 1 N–H and O–H groups in total. The zero-order chi connectivity index (χ0) is 18.6. The molecule has 27 heavy (non-hydrogen) atoms. The van der Waals surface area contributed by atoms with Gasteiger partial charge >= 0.3 is 0 Å². The van der Waals surface area contributed by atoms with E-state index in [4.69, 9.17) is 4.52 Å². The van der Waals surface area contributed by atoms with Crippen molar-refractivity contribution in [2.45, 2.75) is 13.0 Å². The Balaban J connectivity index is 1.77. The molecule has 0 amide bonds. The minimum atomic E-state index is -0.403. The predicted molar refractivity (Wildman–Crippen MR) is 98.4 cm³/mol. The lowest BCUT2D eigenvalue weighted by atomic mass is 10.0. The van der Waals surface area contributed by atoms with Crippen molar-refractivity contribution in [3.05, 3.63) is 89.9 Å². The number of aryl methyl sites for hydroxylation is 1. The summed E-state index contributed by atoms with van der Waals surface area (Å²) >= 11 is 0. The van der Waals surface area contributed by atoms with Crippen molar-refractivity contribution in [3.63, 3.8) is 0 Å². The topological polar surface area (TPSA) is 76.7 Å². The van der Waals surface area contributed by atoms with Gasteiger partial charge in [-0.1, -0.05) is 23.4 Å². The Labute approximate surface area is 155 Å². The zero-order valence-corrected chi connectivity index (χ0v) is 14.5. The van der Waals surface area contributed by atoms with Crippen molar-refractivity contribution >= 4 is 5.82 Å². The van der Waals surface area contributed by atoms with Gasteiger partial charge in [-0.25, -0.2) is 9.37 Å². The van der Waals surface area contributed by atoms with E-state index in [9.17, 15) is 4.39 Å². The molecule has 1 unspecified atom stereocenters. The van der Waals surface area contributed by atoms with Crippen molar-refractivity contribution in [3.8, 4) is 11.5 Å². The van der Waals surface area contributed by atoms with Crippen molar-refractivity contribution in [2.75, 3.05) is 5.32 Å². The van der Waals surface area contributed by atoms with E-state index in [1.54, 1.807) is 31.5 Å². The first-order valence-corrected chi connectivity index (χ1v) is 8.39. The number of benzene rings is 1. The molecule has 0 spiro atoms. The van der Waals surface area contributed by atoms with Crippen LogP contribution in [0.5, 0.6) is 0 Å². The molecule has 0 aliphatic heterocycles. The lowest BCUT2D eigenvalue weighted by molar-refractivity contribution is 0.425. The molecule has 134 valence electrons. The lowest BCUT2D eigenvalue weighted by Crippen LogP contribution is -2.15. The predicted octanol–water partition coefficient (Wildman–Crippen LogP) is 4.18. The van der Waals surface area contributed by atoms with E-state index in [2.05, 4.69) is 25.4 Å². The van der Waals surface area contributed by atoms with Crippen LogP contribution in [-0.4, -0.2) is 20.1 Å². The van der Waals surface area contributed by atoms with Crippen molar-refractivity contribution in [1.29, 1.82) is 0 Å². The summed E-state index contributed by atoms with van der Waals surface area (Å²) in [5.41, 5.74) is 2.13. The number of hydrogen-bond acceptors (Lipinski definition) is 6. The molecule has 6 nitrogen and oxygen atoms in total. The second kappa shape index (κ2) is 7.33. The molecule has 0 aliphatic rings. The Morgan fingerprint density at radius 2 is 1.89 bits per heavy atom. The van der Waals surface area contributed by atoms with Gasteiger partial charge in [-0.2, -0.15) is 4.98 Å². The first kappa shape index (κ1) is 16.8. The average Bonchev–Trinajstić information content (AvgIpc) is 3.13. The first-order chi connectivity index (χ1) is 13.2. The second-order valence-electron chi connectivity index (χ2n) is 5.93. The van der Waals surface area contributed by atoms with Crippen molar-refractivity contribution in [1.82, 2.24) is 20.1 Å². The molecule has 4 aromatic rings. The fraction of sp³-hybridized carbons (Fsp3) is 0.100. The molecular weight excluding hydrogens is 345 g/mol. The largest absolute Gasteiger partial charge is 0.357 e. The minimum absolute atomic E-state index is 0.316. The van der Waals surface area contributed by atoms with E-state index in [0.29, 0.717) is 23.1 Å². The van der Waals surface area contributed by atoms with Gasteiger partial charge < -0.3 is 9.84 Å². The van der Waals surface area contributed by atoms with Crippen LogP contribution in [0.15, 0.2) is 71.5 Å². The van der Waals surface area contributed by atoms with E-state index in [-0.39, 0.29) is 5.82 Å². The van der Waals surface area contributed by atoms with Gasteiger partial charge in [-0.05, 0) is 48.9 Å². The molecule has 3 heterocycles. The fourth-order valence-electron chi connectivity index (χ4n) is 2.80. The zero-order valence-electron chi connectivity index (χ0n) is 14.5. The van der Waals surface area contributed by atoms with Gasteiger partial charge in [0.05, 0.1) is 17.3 Å². The minimum Gasteiger partial charge on any atom is -0.357 e. The number of nitrogens with one attached hydrogen (secondary N) is 1. The Morgan fingerprint density at radius 3 is 2.63 bits per heavy atom. The number of hydrogen-bond donors (Lipinski definition) is 1. The van der Waals surface area contributed by atoms with Crippen LogP contribution in [0.2, 0.25) is 0 Å². The van der Waals surface area contributed by atoms with Crippen LogP contribution in [0.25, 0.3) is 11.5 Å². The Bertz CT molecular complexity index is 1050. The number of anilines is 1. The number of nitrogens with zero attached hydrogens (tertiary/aromatic N) is 4. The SMILES string of the molecule is Cc1noc(-c2cccnc2NC(c2cccc(F)c2)c2ccccn2)n1. The summed E-state index contributed by atoms with van der Waals surface area (Å²) in [5.74, 6) is 1.12. The van der Waals surface area contributed by atoms with Gasteiger partial charge in [-0.3, -0.25) is 4.98 Å². The third-order valence-electron chi connectivity index (χ3n) is 4.01. The third kappa shape index (κ3) is 3.67. The molecule has 1 atom stereocenters. The van der Waals surface area contributed by atoms with Crippen LogP contribution in [-0.2, 0) is 0 Å². The molecule has 0 fully saturated rings. The summed E-state index contributed by atoms with van der Waals surface area (Å²) < 4.78 is 19.1. The number of aromatic nitrogens is 4. The van der Waals surface area contributed by atoms with Crippen molar-refractivity contribution < 1.29 is 8.91 Å². The normalized spacial score (nSPS) is 11.9. The molecular formula is C20H16FN5O. The molecule has 0 saturated carbocycles. The highest BCUT2D eigenvalue weighted by Gasteiger charge is 2.20. The van der Waals surface area contributed by atoms with Crippen LogP contribution in [0.3, 0.4) is 0 Å². The highest BCUT2D eigenvalue weighted by Crippen LogP contribution is 2.30. The third-order valence-corrected chi connectivity index (χ3v) is 4.01. The average molecular weight is 361 g/mol. The van der Waals surface area contributed by atoms with E-state index in [1.165, 1.54) is 12.1 Å². The molecule has 0 aliphatic carbocycles. The Morgan fingerprint density at radius 1 is 1.00 bits per heavy atom. The lowest BCUT2D eigenvalue weighted by Gasteiger charge is -2.20. The van der Waals surface area contributed by atoms with Gasteiger partial charge in [0, 0.05) is 12.4 Å². The number of rotatable bonds is 5. The summed E-state index contributed by atoms with van der Waals surface area (Å²) in [5, 5.41) is 7.18. The molecule has 4 rings (SSSR count). The smallest absolute Gasteiger partial charge is 0.261 e. The van der Waals surface area contributed by atoms with E-state index in [0.717, 1.165) is 11.3 Å². The molecule has 0 saturated heterocycles. The van der Waals surface area contributed by atoms with Crippen LogP contribution in [0.4, 0.5) is 10.2 Å². The fourth-order valence-corrected chi connectivity index (χ4v) is 2.80. The van der Waals surface area contributed by atoms with Gasteiger partial charge in [0.1, 0.15) is 11.6 Å². The summed E-state index contributed by atoms with van der Waals surface area (Å²) in [6.07, 6.45) is 3.36. The standard InChI is InChI=1S/C20H16FN5O/c1-13-24-20(27-26-13)16-8-5-11-23-19(16)25-18(17-9-2-3-10-22-17)14-6-4-7-15(21)12-14/h2-12,18H,1H3,(H,23,25). The van der Waals surface area contributed by atoms with E-state index >= 15 is 0 Å². The highest BCUT2D eigenvalue weighted by molar-refractivity contribution is 5.69. The maximum atomic E-state index is 13.8. The first-order valence-electron chi connectivity index (χ1n) is 8.39. The van der Waals surface area contributed by atoms with E-state index < -0.39 is 6.04 Å². The monoisotopic (exact) mass is 361 g/mol. The van der Waals surface area contributed by atoms with Crippen LogP contribution in [0.1, 0.15) is 23.1 Å². The van der Waals surface area contributed by atoms with Gasteiger partial charge in [0.15, 0.2) is 5.82 Å². The van der Waals surface area contributed by atoms with Crippen LogP contribution in [0, 0.1) is 12.7 Å². The molecule has 3 aromatic heterocycles. The Hall–Kier alpha value is -3.61. The number of pyridine rings is 2. The molecule has 7 heteroatoms. The van der Waals surface area contributed by atoms with E-state index in [1.807, 2.05) is 30.3 Å². The van der Waals surface area contributed by atoms with Crippen LogP contribution >= 0.6 is 0 Å². The van der Waals surface area contributed by atoms with Gasteiger partial charge in [0.2, 0.25) is 0 Å². The molecule has 0 radical (unpaired) electrons. The summed E-state index contributed by atoms with van der Waals surface area (Å²) in [4.78, 5) is 13.1. The maximum absolute atomic E-state index is 13.8. The van der Waals surface area contributed by atoms with Crippen LogP contribution < -0.4 is 5.32 Å². The molecule has 1 aromatic carbocycles. The van der Waals surface area contributed by atoms with Gasteiger partial charge in [-0.15, -0.1) is 0 Å². The summed E-state index contributed by atoms with van der Waals surface area (Å²) in [6, 6.07) is 15.2. The quantitative estimate of drug-likeness (QED) is 0.575. The summed E-state index contributed by atoms with van der Waals surface area (Å²) in [6.45, 7) is 1.75. The Kier molecular flexibility index (Phi) is 4.57. The highest BCUT2D eigenvalue weighted by atomic mass is 19.1. The second-order valence-corrected chi connectivity index (χ2v) is 5.93. The maximum Gasteiger partial charge on any atom is 0.261 e.